The first-order chi connectivity index (χ1) is 16.4. The van der Waals surface area contributed by atoms with Crippen LogP contribution in [0.5, 0.6) is 0 Å². The van der Waals surface area contributed by atoms with Gasteiger partial charge in [-0.15, -0.1) is 0 Å². The molecule has 3 aromatic rings. The number of rotatable bonds is 7. The molecule has 1 aliphatic carbocycles. The third-order valence-electron chi connectivity index (χ3n) is 5.69. The van der Waals surface area contributed by atoms with Crippen molar-refractivity contribution in [1.82, 2.24) is 4.57 Å². The molecule has 1 heterocycles. The Balaban J connectivity index is 1.75. The zero-order valence-corrected chi connectivity index (χ0v) is 19.9. The van der Waals surface area contributed by atoms with E-state index >= 15 is 4.39 Å². The minimum atomic E-state index is -0.889. The highest BCUT2D eigenvalue weighted by Gasteiger charge is 2.27. The second-order valence-corrected chi connectivity index (χ2v) is 9.81. The number of nitrogens with one attached hydrogen (secondary N) is 1. The minimum absolute atomic E-state index is 0.0765. The van der Waals surface area contributed by atoms with E-state index in [0.717, 1.165) is 18.9 Å². The molecule has 1 amide bonds. The van der Waals surface area contributed by atoms with E-state index in [2.05, 4.69) is 5.32 Å². The molecule has 2 aromatic carbocycles. The topological polar surface area (TPSA) is 129 Å². The maximum atomic E-state index is 15.1. The fraction of sp³-hybridized carbons (Fsp3) is 0.346. The van der Waals surface area contributed by atoms with Crippen LogP contribution in [-0.4, -0.2) is 28.2 Å². The van der Waals surface area contributed by atoms with Crippen LogP contribution in [0.25, 0.3) is 22.0 Å². The average molecular weight is 481 g/mol. The molecule has 1 saturated carbocycles. The lowest BCUT2D eigenvalue weighted by atomic mass is 9.98. The van der Waals surface area contributed by atoms with Gasteiger partial charge in [0.1, 0.15) is 11.4 Å². The number of hydrogen-bond acceptors (Lipinski definition) is 6. The summed E-state index contributed by atoms with van der Waals surface area (Å²) in [5.74, 6) is -1.84. The summed E-state index contributed by atoms with van der Waals surface area (Å²) >= 11 is 0. The van der Waals surface area contributed by atoms with Gasteiger partial charge in [0.2, 0.25) is 5.91 Å². The van der Waals surface area contributed by atoms with Crippen molar-refractivity contribution in [2.24, 2.45) is 11.5 Å². The number of halogens is 1. The normalized spacial score (nSPS) is 14.5. The first kappa shape index (κ1) is 24.4. The van der Waals surface area contributed by atoms with Crippen molar-refractivity contribution < 1.29 is 18.7 Å². The van der Waals surface area contributed by atoms with Crippen LogP contribution in [0.15, 0.2) is 47.4 Å². The van der Waals surface area contributed by atoms with Gasteiger partial charge in [0, 0.05) is 28.8 Å². The molecule has 0 radical (unpaired) electrons. The molecule has 5 N–H and O–H groups in total. The van der Waals surface area contributed by atoms with Crippen molar-refractivity contribution in [1.29, 1.82) is 0 Å². The van der Waals surface area contributed by atoms with Crippen LogP contribution in [0.3, 0.4) is 0 Å². The number of esters is 1. The molecular weight excluding hydrogens is 451 g/mol. The summed E-state index contributed by atoms with van der Waals surface area (Å²) in [7, 11) is 0. The largest absolute Gasteiger partial charge is 0.460 e. The predicted octanol–water partition coefficient (Wildman–Crippen LogP) is 3.67. The lowest BCUT2D eigenvalue weighted by Gasteiger charge is -2.22. The summed E-state index contributed by atoms with van der Waals surface area (Å²) in [6, 6.07) is 9.43. The van der Waals surface area contributed by atoms with Gasteiger partial charge in [-0.1, -0.05) is 18.2 Å². The van der Waals surface area contributed by atoms with E-state index in [9.17, 15) is 14.4 Å². The molecule has 1 aliphatic rings. The number of benzene rings is 2. The summed E-state index contributed by atoms with van der Waals surface area (Å²) < 4.78 is 22.3. The number of hydrogen-bond donors (Lipinski definition) is 3. The van der Waals surface area contributed by atoms with E-state index in [0.29, 0.717) is 11.1 Å². The highest BCUT2D eigenvalue weighted by molar-refractivity contribution is 6.00. The number of nitrogens with zero attached hydrogens (tertiary/aromatic N) is 1. The molecule has 0 bridgehead atoms. The Hall–Kier alpha value is -3.72. The lowest BCUT2D eigenvalue weighted by Crippen LogP contribution is -2.35. The molecular formula is C26H29FN4O4. The number of pyridine rings is 1. The SMILES string of the molecule is CC(C)(C)OC(=O)CC(N)Nc1cc2c(cc1F)c(=O)c(-c1ccccc1C(N)=O)cn2C1CC1. The third kappa shape index (κ3) is 5.35. The minimum Gasteiger partial charge on any atom is -0.460 e. The quantitative estimate of drug-likeness (QED) is 0.350. The molecule has 35 heavy (non-hydrogen) atoms. The Morgan fingerprint density at radius 2 is 1.89 bits per heavy atom. The summed E-state index contributed by atoms with van der Waals surface area (Å²) in [5, 5.41) is 3.00. The van der Waals surface area contributed by atoms with Crippen LogP contribution < -0.4 is 22.2 Å². The zero-order chi connectivity index (χ0) is 25.5. The van der Waals surface area contributed by atoms with Gasteiger partial charge >= 0.3 is 5.97 Å². The van der Waals surface area contributed by atoms with Gasteiger partial charge in [0.05, 0.1) is 23.8 Å². The average Bonchev–Trinajstić information content (AvgIpc) is 3.59. The van der Waals surface area contributed by atoms with E-state index in [1.54, 1.807) is 51.2 Å². The summed E-state index contributed by atoms with van der Waals surface area (Å²) in [6.07, 6.45) is 2.47. The molecule has 0 spiro atoms. The fourth-order valence-electron chi connectivity index (χ4n) is 4.07. The Morgan fingerprint density at radius 3 is 2.51 bits per heavy atom. The van der Waals surface area contributed by atoms with E-state index in [1.165, 1.54) is 6.07 Å². The number of aromatic nitrogens is 1. The molecule has 9 heteroatoms. The zero-order valence-electron chi connectivity index (χ0n) is 19.9. The molecule has 1 fully saturated rings. The Labute approximate surface area is 202 Å². The third-order valence-corrected chi connectivity index (χ3v) is 5.69. The van der Waals surface area contributed by atoms with Gasteiger partial charge in [-0.3, -0.25) is 14.4 Å². The van der Waals surface area contributed by atoms with Crippen LogP contribution in [-0.2, 0) is 9.53 Å². The van der Waals surface area contributed by atoms with Gasteiger partial charge < -0.3 is 26.1 Å². The highest BCUT2D eigenvalue weighted by Crippen LogP contribution is 2.39. The Morgan fingerprint density at radius 1 is 1.20 bits per heavy atom. The van der Waals surface area contributed by atoms with Crippen molar-refractivity contribution in [3.05, 3.63) is 64.2 Å². The van der Waals surface area contributed by atoms with Crippen molar-refractivity contribution in [3.63, 3.8) is 0 Å². The number of primary amides is 1. The molecule has 184 valence electrons. The van der Waals surface area contributed by atoms with Gasteiger partial charge in [0.15, 0.2) is 5.43 Å². The van der Waals surface area contributed by atoms with Crippen molar-refractivity contribution in [2.75, 3.05) is 5.32 Å². The molecule has 0 aliphatic heterocycles. The Bertz CT molecular complexity index is 1370. The van der Waals surface area contributed by atoms with E-state index in [4.69, 9.17) is 16.2 Å². The summed E-state index contributed by atoms with van der Waals surface area (Å²) in [4.78, 5) is 37.5. The van der Waals surface area contributed by atoms with E-state index in [-0.39, 0.29) is 34.7 Å². The van der Waals surface area contributed by atoms with Crippen LogP contribution in [0.2, 0.25) is 0 Å². The number of carbonyl (C=O) groups is 2. The summed E-state index contributed by atoms with van der Waals surface area (Å²) in [6.45, 7) is 5.25. The monoisotopic (exact) mass is 480 g/mol. The molecule has 1 atom stereocenters. The fourth-order valence-corrected chi connectivity index (χ4v) is 4.07. The van der Waals surface area contributed by atoms with Crippen molar-refractivity contribution in [3.8, 4) is 11.1 Å². The summed E-state index contributed by atoms with van der Waals surface area (Å²) in [5.41, 5.74) is 12.0. The van der Waals surface area contributed by atoms with Gasteiger partial charge in [-0.05, 0) is 57.4 Å². The van der Waals surface area contributed by atoms with Crippen LogP contribution >= 0.6 is 0 Å². The predicted molar refractivity (Wildman–Crippen MR) is 132 cm³/mol. The first-order valence-electron chi connectivity index (χ1n) is 11.5. The highest BCUT2D eigenvalue weighted by atomic mass is 19.1. The number of carbonyl (C=O) groups excluding carboxylic acids is 2. The van der Waals surface area contributed by atoms with Gasteiger partial charge in [-0.2, -0.15) is 0 Å². The van der Waals surface area contributed by atoms with Crippen molar-refractivity contribution in [2.45, 2.75) is 57.8 Å². The second kappa shape index (κ2) is 9.14. The molecule has 0 saturated heterocycles. The molecule has 1 aromatic heterocycles. The number of amides is 1. The number of ether oxygens (including phenoxy) is 1. The lowest BCUT2D eigenvalue weighted by molar-refractivity contribution is -0.155. The molecule has 4 rings (SSSR count). The Kier molecular flexibility index (Phi) is 6.38. The van der Waals surface area contributed by atoms with E-state index in [1.807, 2.05) is 4.57 Å². The molecule has 8 nitrogen and oxygen atoms in total. The number of nitrogens with two attached hydrogens (primary N) is 2. The first-order valence-corrected chi connectivity index (χ1v) is 11.5. The maximum Gasteiger partial charge on any atom is 0.309 e. The van der Waals surface area contributed by atoms with Crippen LogP contribution in [0, 0.1) is 5.82 Å². The smallest absolute Gasteiger partial charge is 0.309 e. The van der Waals surface area contributed by atoms with Crippen molar-refractivity contribution >= 4 is 28.5 Å². The van der Waals surface area contributed by atoms with E-state index < -0.39 is 34.9 Å². The number of fused-ring (bicyclic) bond motifs is 1. The van der Waals surface area contributed by atoms with Gasteiger partial charge in [-0.25, -0.2) is 4.39 Å². The van der Waals surface area contributed by atoms with Crippen LogP contribution in [0.1, 0.15) is 56.4 Å². The maximum absolute atomic E-state index is 15.1. The molecule has 1 unspecified atom stereocenters. The van der Waals surface area contributed by atoms with Gasteiger partial charge in [0.25, 0.3) is 0 Å². The second-order valence-electron chi connectivity index (χ2n) is 9.81. The van der Waals surface area contributed by atoms with Crippen LogP contribution in [0.4, 0.5) is 10.1 Å². The number of anilines is 1. The standard InChI is InChI=1S/C26H29FN4O4/c1-26(2,3)35-23(32)12-22(28)30-20-11-21-17(10-19(20)27)24(33)18(13-31(21)14-8-9-14)15-6-4-5-7-16(15)25(29)34/h4-7,10-11,13-14,22,30H,8-9,12,28H2,1-3H3,(H2,29,34).